The molecule has 1 aromatic heterocycles. The van der Waals surface area contributed by atoms with Crippen LogP contribution in [0.3, 0.4) is 0 Å². The maximum Gasteiger partial charge on any atom is 0.153 e. The molecule has 18 heavy (non-hydrogen) atoms. The Morgan fingerprint density at radius 1 is 1.44 bits per heavy atom. The fraction of sp³-hybridized carbons (Fsp3) is 0.231. The molecule has 0 radical (unpaired) electrons. The summed E-state index contributed by atoms with van der Waals surface area (Å²) in [4.78, 5) is 10.9. The van der Waals surface area contributed by atoms with E-state index in [1.807, 2.05) is 6.92 Å². The molecule has 0 saturated carbocycles. The number of benzene rings is 1. The molecule has 0 atom stereocenters. The summed E-state index contributed by atoms with van der Waals surface area (Å²) in [6, 6.07) is 4.54. The van der Waals surface area contributed by atoms with E-state index in [1.165, 1.54) is 6.07 Å². The largest absolute Gasteiger partial charge is 0.298 e. The van der Waals surface area contributed by atoms with Crippen molar-refractivity contribution in [3.05, 3.63) is 51.6 Å². The highest BCUT2D eigenvalue weighted by Crippen LogP contribution is 2.18. The highest BCUT2D eigenvalue weighted by Gasteiger charge is 2.11. The highest BCUT2D eigenvalue weighted by atomic mass is 35.5. The molecular formula is C13H12ClFN2O. The van der Waals surface area contributed by atoms with Gasteiger partial charge in [0.2, 0.25) is 0 Å². The lowest BCUT2D eigenvalue weighted by Crippen LogP contribution is -2.04. The Morgan fingerprint density at radius 2 is 2.17 bits per heavy atom. The van der Waals surface area contributed by atoms with E-state index >= 15 is 0 Å². The van der Waals surface area contributed by atoms with Crippen LogP contribution in [0.2, 0.25) is 5.02 Å². The van der Waals surface area contributed by atoms with E-state index in [0.29, 0.717) is 17.8 Å². The number of hydrogen-bond acceptors (Lipinski definition) is 2. The first-order valence-electron chi connectivity index (χ1n) is 5.46. The first-order valence-corrected chi connectivity index (χ1v) is 5.84. The minimum Gasteiger partial charge on any atom is -0.298 e. The number of aromatic nitrogens is 2. The predicted molar refractivity (Wildman–Crippen MR) is 67.6 cm³/mol. The van der Waals surface area contributed by atoms with Crippen molar-refractivity contribution in [3.8, 4) is 0 Å². The van der Waals surface area contributed by atoms with Crippen LogP contribution >= 0.6 is 11.6 Å². The molecular weight excluding hydrogens is 255 g/mol. The van der Waals surface area contributed by atoms with Gasteiger partial charge in [0.25, 0.3) is 0 Å². The number of aldehydes is 1. The van der Waals surface area contributed by atoms with E-state index in [-0.39, 0.29) is 5.02 Å². The second-order valence-electron chi connectivity index (χ2n) is 4.11. The molecule has 3 nitrogen and oxygen atoms in total. The van der Waals surface area contributed by atoms with Gasteiger partial charge in [0, 0.05) is 5.69 Å². The third-order valence-corrected chi connectivity index (χ3v) is 3.16. The van der Waals surface area contributed by atoms with Gasteiger partial charge >= 0.3 is 0 Å². The third kappa shape index (κ3) is 2.29. The van der Waals surface area contributed by atoms with Gasteiger partial charge in [-0.15, -0.1) is 0 Å². The smallest absolute Gasteiger partial charge is 0.153 e. The molecule has 0 fully saturated rings. The van der Waals surface area contributed by atoms with Crippen LogP contribution < -0.4 is 0 Å². The average molecular weight is 267 g/mol. The second-order valence-corrected chi connectivity index (χ2v) is 4.52. The summed E-state index contributed by atoms with van der Waals surface area (Å²) in [7, 11) is 0. The van der Waals surface area contributed by atoms with Crippen molar-refractivity contribution in [1.29, 1.82) is 0 Å². The van der Waals surface area contributed by atoms with Crippen molar-refractivity contribution >= 4 is 17.9 Å². The van der Waals surface area contributed by atoms with Crippen LogP contribution in [0, 0.1) is 19.7 Å². The molecule has 2 rings (SSSR count). The van der Waals surface area contributed by atoms with Gasteiger partial charge in [0.05, 0.1) is 22.8 Å². The Labute approximate surface area is 109 Å². The van der Waals surface area contributed by atoms with E-state index in [1.54, 1.807) is 23.7 Å². The Hall–Kier alpha value is -1.68. The van der Waals surface area contributed by atoms with Gasteiger partial charge < -0.3 is 0 Å². The number of halogens is 2. The zero-order chi connectivity index (χ0) is 13.3. The Bertz CT molecular complexity index is 607. The second kappa shape index (κ2) is 4.90. The molecule has 94 valence electrons. The van der Waals surface area contributed by atoms with E-state index < -0.39 is 5.82 Å². The van der Waals surface area contributed by atoms with Gasteiger partial charge in [0.1, 0.15) is 5.82 Å². The van der Waals surface area contributed by atoms with Crippen LogP contribution in [-0.4, -0.2) is 16.1 Å². The molecule has 5 heteroatoms. The molecule has 0 N–H and O–H groups in total. The van der Waals surface area contributed by atoms with Gasteiger partial charge in [-0.25, -0.2) is 4.39 Å². The number of carbonyl (C=O) groups excluding carboxylic acids is 1. The van der Waals surface area contributed by atoms with E-state index in [4.69, 9.17) is 11.6 Å². The number of nitrogens with zero attached hydrogens (tertiary/aromatic N) is 2. The number of carbonyl (C=O) groups is 1. The van der Waals surface area contributed by atoms with Gasteiger partial charge in [-0.3, -0.25) is 9.48 Å². The minimum absolute atomic E-state index is 0.0876. The SMILES string of the molecule is Cc1nn(Cc2ccc(F)c(Cl)c2)c(C)c1C=O. The van der Waals surface area contributed by atoms with Crippen LogP contribution in [0.1, 0.15) is 27.3 Å². The molecule has 1 aromatic carbocycles. The Balaban J connectivity index is 2.34. The number of hydrogen-bond donors (Lipinski definition) is 0. The highest BCUT2D eigenvalue weighted by molar-refractivity contribution is 6.30. The lowest BCUT2D eigenvalue weighted by Gasteiger charge is -2.05. The molecule has 1 heterocycles. The molecule has 0 unspecified atom stereocenters. The maximum atomic E-state index is 13.0. The molecule has 0 aliphatic rings. The van der Waals surface area contributed by atoms with Crippen molar-refractivity contribution in [3.63, 3.8) is 0 Å². The summed E-state index contributed by atoms with van der Waals surface area (Å²) in [6.45, 7) is 4.07. The molecule has 0 spiro atoms. The first-order chi connectivity index (χ1) is 8.52. The Morgan fingerprint density at radius 3 is 2.72 bits per heavy atom. The van der Waals surface area contributed by atoms with Crippen molar-refractivity contribution in [1.82, 2.24) is 9.78 Å². The van der Waals surface area contributed by atoms with Crippen LogP contribution in [0.4, 0.5) is 4.39 Å². The van der Waals surface area contributed by atoms with E-state index in [0.717, 1.165) is 17.5 Å². The van der Waals surface area contributed by atoms with Gasteiger partial charge in [-0.1, -0.05) is 17.7 Å². The Kier molecular flexibility index (Phi) is 3.48. The standard InChI is InChI=1S/C13H12ClFN2O/c1-8-11(7-18)9(2)17(16-8)6-10-3-4-13(15)12(14)5-10/h3-5,7H,6H2,1-2H3. The van der Waals surface area contributed by atoms with E-state index in [2.05, 4.69) is 5.10 Å². The summed E-state index contributed by atoms with van der Waals surface area (Å²) in [5.41, 5.74) is 2.92. The van der Waals surface area contributed by atoms with Crippen molar-refractivity contribution in [2.45, 2.75) is 20.4 Å². The lowest BCUT2D eigenvalue weighted by molar-refractivity contribution is 0.112. The molecule has 0 amide bonds. The van der Waals surface area contributed by atoms with Crippen LogP contribution in [0.25, 0.3) is 0 Å². The quantitative estimate of drug-likeness (QED) is 0.800. The predicted octanol–water partition coefficient (Wildman–Crippen LogP) is 3.15. The van der Waals surface area contributed by atoms with Crippen LogP contribution in [0.15, 0.2) is 18.2 Å². The molecule has 0 aliphatic heterocycles. The topological polar surface area (TPSA) is 34.9 Å². The van der Waals surface area contributed by atoms with Gasteiger partial charge in [0.15, 0.2) is 6.29 Å². The average Bonchev–Trinajstić information content (AvgIpc) is 2.59. The zero-order valence-corrected chi connectivity index (χ0v) is 10.8. The third-order valence-electron chi connectivity index (χ3n) is 2.87. The first kappa shape index (κ1) is 12.8. The summed E-state index contributed by atoms with van der Waals surface area (Å²) in [5.74, 6) is -0.442. The molecule has 2 aromatic rings. The van der Waals surface area contributed by atoms with Crippen molar-refractivity contribution < 1.29 is 9.18 Å². The van der Waals surface area contributed by atoms with Crippen LogP contribution in [-0.2, 0) is 6.54 Å². The number of rotatable bonds is 3. The monoisotopic (exact) mass is 266 g/mol. The minimum atomic E-state index is -0.442. The van der Waals surface area contributed by atoms with Gasteiger partial charge in [-0.2, -0.15) is 5.10 Å². The van der Waals surface area contributed by atoms with Gasteiger partial charge in [-0.05, 0) is 31.5 Å². The lowest BCUT2D eigenvalue weighted by atomic mass is 10.2. The summed E-state index contributed by atoms with van der Waals surface area (Å²) in [6.07, 6.45) is 0.797. The summed E-state index contributed by atoms with van der Waals surface area (Å²) in [5, 5.41) is 4.36. The zero-order valence-electron chi connectivity index (χ0n) is 10.1. The number of aryl methyl sites for hydroxylation is 1. The van der Waals surface area contributed by atoms with Crippen molar-refractivity contribution in [2.75, 3.05) is 0 Å². The summed E-state index contributed by atoms with van der Waals surface area (Å²) < 4.78 is 14.7. The normalized spacial score (nSPS) is 10.7. The molecule has 0 aliphatic carbocycles. The molecule has 0 bridgehead atoms. The molecule has 0 saturated heterocycles. The summed E-state index contributed by atoms with van der Waals surface area (Å²) >= 11 is 5.72. The maximum absolute atomic E-state index is 13.0. The van der Waals surface area contributed by atoms with E-state index in [9.17, 15) is 9.18 Å². The fourth-order valence-electron chi connectivity index (χ4n) is 1.85. The van der Waals surface area contributed by atoms with Crippen molar-refractivity contribution in [2.24, 2.45) is 0 Å². The van der Waals surface area contributed by atoms with Crippen LogP contribution in [0.5, 0.6) is 0 Å². The fourth-order valence-corrected chi connectivity index (χ4v) is 2.05.